The molecular formula is C64H124O6. The molecule has 0 aliphatic heterocycles. The normalized spacial score (nSPS) is 12.0. The average Bonchev–Trinajstić information content (AvgIpc) is 3.33. The molecule has 0 saturated heterocycles. The Labute approximate surface area is 438 Å². The van der Waals surface area contributed by atoms with Crippen molar-refractivity contribution < 1.29 is 28.6 Å². The highest BCUT2D eigenvalue weighted by Crippen LogP contribution is 2.19. The van der Waals surface area contributed by atoms with Gasteiger partial charge in [-0.2, -0.15) is 0 Å². The van der Waals surface area contributed by atoms with E-state index in [0.717, 1.165) is 69.6 Å². The number of hydrogen-bond donors (Lipinski definition) is 0. The number of carbonyl (C=O) groups excluding carboxylic acids is 3. The number of unbranched alkanes of at least 4 members (excludes halogenated alkanes) is 43. The Morgan fingerprint density at radius 2 is 0.471 bits per heavy atom. The van der Waals surface area contributed by atoms with Crippen molar-refractivity contribution in [3.63, 3.8) is 0 Å². The minimum Gasteiger partial charge on any atom is -0.462 e. The fourth-order valence-electron chi connectivity index (χ4n) is 9.93. The summed E-state index contributed by atoms with van der Waals surface area (Å²) in [6.45, 7) is 11.5. The van der Waals surface area contributed by atoms with Crippen molar-refractivity contribution in [2.45, 2.75) is 368 Å². The van der Waals surface area contributed by atoms with Gasteiger partial charge in [-0.1, -0.05) is 324 Å². The van der Waals surface area contributed by atoms with E-state index in [2.05, 4.69) is 34.6 Å². The maximum atomic E-state index is 12.9. The lowest BCUT2D eigenvalue weighted by molar-refractivity contribution is -0.167. The monoisotopic (exact) mass is 989 g/mol. The van der Waals surface area contributed by atoms with Gasteiger partial charge in [0.1, 0.15) is 13.2 Å². The molecule has 0 amide bonds. The van der Waals surface area contributed by atoms with Gasteiger partial charge in [-0.3, -0.25) is 14.4 Å². The number of carbonyl (C=O) groups is 3. The van der Waals surface area contributed by atoms with E-state index in [9.17, 15) is 14.4 Å². The van der Waals surface area contributed by atoms with Gasteiger partial charge in [0.15, 0.2) is 6.10 Å². The fraction of sp³-hybridized carbons (Fsp3) is 0.953. The van der Waals surface area contributed by atoms with Crippen LogP contribution in [0.3, 0.4) is 0 Å². The van der Waals surface area contributed by atoms with E-state index < -0.39 is 6.10 Å². The molecule has 6 nitrogen and oxygen atoms in total. The standard InChI is InChI=1S/C64H124O6/c1-6-7-8-9-10-11-12-29-34-39-44-49-54-62(65)68-57-61(70-64(67)56-51-46-41-36-31-26-22-18-17-20-24-28-33-38-43-48-53-60(4)5)58-69-63(66)55-50-45-40-35-30-25-21-16-14-13-15-19-23-27-32-37-42-47-52-59(2)3/h59-61H,6-58H2,1-5H3/t61-/m1/s1. The number of esters is 3. The summed E-state index contributed by atoms with van der Waals surface area (Å²) in [5.41, 5.74) is 0. The largest absolute Gasteiger partial charge is 0.462 e. The third-order valence-electron chi connectivity index (χ3n) is 14.7. The number of rotatable bonds is 58. The number of hydrogen-bond acceptors (Lipinski definition) is 6. The zero-order chi connectivity index (χ0) is 51.1. The molecule has 0 rings (SSSR count). The highest BCUT2D eigenvalue weighted by Gasteiger charge is 2.19. The molecule has 6 heteroatoms. The SMILES string of the molecule is CCCCCCCCCCCCCCC(=O)OC[C@H](COC(=O)CCCCCCCCCCCCCCCCCCCCC(C)C)OC(=O)CCCCCCCCCCCCCCCCCCC(C)C. The predicted molar refractivity (Wildman–Crippen MR) is 303 cm³/mol. The van der Waals surface area contributed by atoms with Crippen molar-refractivity contribution in [1.82, 2.24) is 0 Å². The molecule has 0 fully saturated rings. The van der Waals surface area contributed by atoms with E-state index in [1.165, 1.54) is 250 Å². The quantitative estimate of drug-likeness (QED) is 0.0343. The van der Waals surface area contributed by atoms with Crippen molar-refractivity contribution in [1.29, 1.82) is 0 Å². The highest BCUT2D eigenvalue weighted by atomic mass is 16.6. The molecular weight excluding hydrogens is 865 g/mol. The van der Waals surface area contributed by atoms with Crippen molar-refractivity contribution >= 4 is 17.9 Å². The van der Waals surface area contributed by atoms with Crippen LogP contribution in [0.15, 0.2) is 0 Å². The first-order valence-corrected chi connectivity index (χ1v) is 31.7. The molecule has 0 unspecified atom stereocenters. The van der Waals surface area contributed by atoms with E-state index in [1.54, 1.807) is 0 Å². The zero-order valence-corrected chi connectivity index (χ0v) is 48.2. The smallest absolute Gasteiger partial charge is 0.306 e. The Morgan fingerprint density at radius 1 is 0.271 bits per heavy atom. The van der Waals surface area contributed by atoms with E-state index in [1.807, 2.05) is 0 Å². The van der Waals surface area contributed by atoms with Crippen LogP contribution in [0, 0.1) is 11.8 Å². The van der Waals surface area contributed by atoms with Crippen molar-refractivity contribution in [3.05, 3.63) is 0 Å². The van der Waals surface area contributed by atoms with Crippen LogP contribution in [0.4, 0.5) is 0 Å². The summed E-state index contributed by atoms with van der Waals surface area (Å²) < 4.78 is 16.9. The molecule has 0 spiro atoms. The second-order valence-corrected chi connectivity index (χ2v) is 23.0. The third kappa shape index (κ3) is 57.3. The second-order valence-electron chi connectivity index (χ2n) is 23.0. The van der Waals surface area contributed by atoms with E-state index in [-0.39, 0.29) is 31.1 Å². The zero-order valence-electron chi connectivity index (χ0n) is 48.2. The molecule has 416 valence electrons. The summed E-state index contributed by atoms with van der Waals surface area (Å²) in [5.74, 6) is 0.879. The van der Waals surface area contributed by atoms with Crippen LogP contribution < -0.4 is 0 Å². The minimum atomic E-state index is -0.763. The van der Waals surface area contributed by atoms with E-state index >= 15 is 0 Å². The molecule has 0 aromatic carbocycles. The lowest BCUT2D eigenvalue weighted by Crippen LogP contribution is -2.30. The van der Waals surface area contributed by atoms with Crippen molar-refractivity contribution in [2.75, 3.05) is 13.2 Å². The summed E-state index contributed by atoms with van der Waals surface area (Å²) in [5, 5.41) is 0. The van der Waals surface area contributed by atoms with Crippen LogP contribution >= 0.6 is 0 Å². The van der Waals surface area contributed by atoms with Gasteiger partial charge in [-0.25, -0.2) is 0 Å². The molecule has 70 heavy (non-hydrogen) atoms. The Bertz CT molecular complexity index is 1070. The molecule has 0 saturated carbocycles. The average molecular weight is 990 g/mol. The van der Waals surface area contributed by atoms with Gasteiger partial charge in [0, 0.05) is 19.3 Å². The molecule has 0 bridgehead atoms. The maximum absolute atomic E-state index is 12.9. The molecule has 0 aliphatic carbocycles. The Balaban J connectivity index is 4.23. The molecule has 1 atom stereocenters. The van der Waals surface area contributed by atoms with Gasteiger partial charge < -0.3 is 14.2 Å². The van der Waals surface area contributed by atoms with Crippen molar-refractivity contribution in [2.24, 2.45) is 11.8 Å². The van der Waals surface area contributed by atoms with Gasteiger partial charge in [0.25, 0.3) is 0 Å². The second kappa shape index (κ2) is 56.7. The predicted octanol–water partition coefficient (Wildman–Crippen LogP) is 21.2. The summed E-state index contributed by atoms with van der Waals surface area (Å²) >= 11 is 0. The van der Waals surface area contributed by atoms with Gasteiger partial charge in [0.2, 0.25) is 0 Å². The van der Waals surface area contributed by atoms with Crippen LogP contribution in [0.2, 0.25) is 0 Å². The van der Waals surface area contributed by atoms with Crippen molar-refractivity contribution in [3.8, 4) is 0 Å². The van der Waals surface area contributed by atoms with Crippen LogP contribution in [-0.4, -0.2) is 37.2 Å². The van der Waals surface area contributed by atoms with Gasteiger partial charge in [-0.15, -0.1) is 0 Å². The molecule has 0 radical (unpaired) electrons. The molecule has 0 aliphatic rings. The van der Waals surface area contributed by atoms with Crippen LogP contribution in [0.1, 0.15) is 362 Å². The Hall–Kier alpha value is -1.59. The van der Waals surface area contributed by atoms with E-state index in [0.29, 0.717) is 19.3 Å². The lowest BCUT2D eigenvalue weighted by atomic mass is 10.0. The molecule has 0 heterocycles. The van der Waals surface area contributed by atoms with Gasteiger partial charge >= 0.3 is 17.9 Å². The first-order valence-electron chi connectivity index (χ1n) is 31.7. The van der Waals surface area contributed by atoms with Crippen LogP contribution in [-0.2, 0) is 28.6 Å². The minimum absolute atomic E-state index is 0.0618. The first-order chi connectivity index (χ1) is 34.2. The molecule has 0 N–H and O–H groups in total. The number of ether oxygens (including phenoxy) is 3. The van der Waals surface area contributed by atoms with Crippen LogP contribution in [0.5, 0.6) is 0 Å². The Kier molecular flexibility index (Phi) is 55.4. The highest BCUT2D eigenvalue weighted by molar-refractivity contribution is 5.71. The third-order valence-corrected chi connectivity index (χ3v) is 14.7. The summed E-state index contributed by atoms with van der Waals surface area (Å²) in [6, 6.07) is 0. The van der Waals surface area contributed by atoms with Crippen LogP contribution in [0.25, 0.3) is 0 Å². The molecule has 0 aromatic rings. The lowest BCUT2D eigenvalue weighted by Gasteiger charge is -2.18. The summed E-state index contributed by atoms with van der Waals surface area (Å²) in [4.78, 5) is 38.2. The summed E-state index contributed by atoms with van der Waals surface area (Å²) in [6.07, 6.45) is 62.5. The topological polar surface area (TPSA) is 78.9 Å². The summed E-state index contributed by atoms with van der Waals surface area (Å²) in [7, 11) is 0. The van der Waals surface area contributed by atoms with Gasteiger partial charge in [0.05, 0.1) is 0 Å². The molecule has 0 aromatic heterocycles. The fourth-order valence-corrected chi connectivity index (χ4v) is 9.93. The first kappa shape index (κ1) is 68.4. The Morgan fingerprint density at radius 3 is 0.700 bits per heavy atom. The van der Waals surface area contributed by atoms with E-state index in [4.69, 9.17) is 14.2 Å². The maximum Gasteiger partial charge on any atom is 0.306 e. The van der Waals surface area contributed by atoms with Gasteiger partial charge in [-0.05, 0) is 31.1 Å².